The van der Waals surface area contributed by atoms with Crippen molar-refractivity contribution >= 4 is 23.4 Å². The molecule has 1 heterocycles. The maximum Gasteiger partial charge on any atom is 0.453 e. The van der Waals surface area contributed by atoms with Crippen molar-refractivity contribution in [2.24, 2.45) is 10.7 Å². The largest absolute Gasteiger partial charge is 0.453 e. The summed E-state index contributed by atoms with van der Waals surface area (Å²) < 4.78 is 35.3. The highest BCUT2D eigenvalue weighted by molar-refractivity contribution is 8.01. The minimum absolute atomic E-state index is 0.0857. The normalized spacial score (nSPS) is 23.9. The lowest BCUT2D eigenvalue weighted by Gasteiger charge is -2.07. The van der Waals surface area contributed by atoms with E-state index in [-0.39, 0.29) is 11.6 Å². The van der Waals surface area contributed by atoms with Crippen LogP contribution in [-0.4, -0.2) is 28.9 Å². The zero-order valence-corrected chi connectivity index (χ0v) is 6.58. The van der Waals surface area contributed by atoms with Crippen LogP contribution in [0.1, 0.15) is 0 Å². The van der Waals surface area contributed by atoms with Crippen LogP contribution < -0.4 is 5.73 Å². The van der Waals surface area contributed by atoms with Crippen LogP contribution in [0.5, 0.6) is 0 Å². The van der Waals surface area contributed by atoms with Gasteiger partial charge in [-0.15, -0.1) is 11.8 Å². The molecule has 0 fully saturated rings. The predicted octanol–water partition coefficient (Wildman–Crippen LogP) is 0.548. The Labute approximate surface area is 70.2 Å². The molecule has 0 saturated carbocycles. The third kappa shape index (κ3) is 1.90. The van der Waals surface area contributed by atoms with Crippen LogP contribution in [0.15, 0.2) is 4.99 Å². The first-order valence-electron chi connectivity index (χ1n) is 2.96. The molecule has 0 aromatic carbocycles. The van der Waals surface area contributed by atoms with Crippen molar-refractivity contribution in [3.8, 4) is 0 Å². The highest BCUT2D eigenvalue weighted by Crippen LogP contribution is 2.27. The lowest BCUT2D eigenvalue weighted by atomic mass is 10.4. The van der Waals surface area contributed by atoms with Crippen molar-refractivity contribution in [3.05, 3.63) is 0 Å². The molecule has 1 rings (SSSR count). The maximum atomic E-state index is 11.8. The number of alkyl halides is 3. The minimum Gasteiger partial charge on any atom is -0.387 e. The molecule has 7 heteroatoms. The summed E-state index contributed by atoms with van der Waals surface area (Å²) in [4.78, 5) is 13.8. The van der Waals surface area contributed by atoms with Gasteiger partial charge in [0.25, 0.3) is 5.78 Å². The predicted molar refractivity (Wildman–Crippen MR) is 38.9 cm³/mol. The zero-order valence-electron chi connectivity index (χ0n) is 5.76. The van der Waals surface area contributed by atoms with E-state index in [9.17, 15) is 18.0 Å². The Balaban J connectivity index is 2.67. The highest BCUT2D eigenvalue weighted by atomic mass is 32.2. The van der Waals surface area contributed by atoms with Gasteiger partial charge in [-0.3, -0.25) is 4.79 Å². The molecule has 2 N–H and O–H groups in total. The van der Waals surface area contributed by atoms with E-state index < -0.39 is 17.3 Å². The fourth-order valence-corrected chi connectivity index (χ4v) is 1.56. The first-order chi connectivity index (χ1) is 5.41. The molecule has 1 atom stereocenters. The van der Waals surface area contributed by atoms with Crippen LogP contribution in [0.4, 0.5) is 13.2 Å². The van der Waals surface area contributed by atoms with Crippen LogP contribution in [-0.2, 0) is 4.79 Å². The van der Waals surface area contributed by atoms with Crippen molar-refractivity contribution < 1.29 is 18.0 Å². The SMILES string of the molecule is NC1=NC(C(=O)C(F)(F)F)SC1. The number of halogens is 3. The summed E-state index contributed by atoms with van der Waals surface area (Å²) in [7, 11) is 0. The maximum absolute atomic E-state index is 11.8. The third-order valence-electron chi connectivity index (χ3n) is 1.18. The van der Waals surface area contributed by atoms with Gasteiger partial charge >= 0.3 is 6.18 Å². The van der Waals surface area contributed by atoms with Crippen molar-refractivity contribution in [2.45, 2.75) is 11.6 Å². The fraction of sp³-hybridized carbons (Fsp3) is 0.600. The van der Waals surface area contributed by atoms with Crippen molar-refractivity contribution in [1.82, 2.24) is 0 Å². The molecule has 3 nitrogen and oxygen atoms in total. The number of hydrogen-bond donors (Lipinski definition) is 1. The average molecular weight is 198 g/mol. The first-order valence-corrected chi connectivity index (χ1v) is 4.01. The second-order valence-corrected chi connectivity index (χ2v) is 3.21. The molecule has 1 unspecified atom stereocenters. The summed E-state index contributed by atoms with van der Waals surface area (Å²) in [5.74, 6) is -1.57. The zero-order chi connectivity index (χ0) is 9.35. The standard InChI is InChI=1S/C5H5F3N2OS/c6-5(7,8)3(11)4-10-2(9)1-12-4/h4H,1H2,(H2,9,10). The Kier molecular flexibility index (Phi) is 2.31. The summed E-state index contributed by atoms with van der Waals surface area (Å²) in [5.41, 5.74) is 5.12. The molecule has 0 aromatic heterocycles. The van der Waals surface area contributed by atoms with Gasteiger partial charge in [0.15, 0.2) is 5.37 Å². The Bertz CT molecular complexity index is 237. The van der Waals surface area contributed by atoms with Crippen LogP contribution in [0.25, 0.3) is 0 Å². The third-order valence-corrected chi connectivity index (χ3v) is 2.27. The van der Waals surface area contributed by atoms with E-state index in [0.29, 0.717) is 0 Å². The molecule has 0 bridgehead atoms. The summed E-state index contributed by atoms with van der Waals surface area (Å²) in [5, 5.41) is -1.38. The van der Waals surface area contributed by atoms with E-state index in [1.807, 2.05) is 0 Å². The van der Waals surface area contributed by atoms with Gasteiger partial charge < -0.3 is 5.73 Å². The molecule has 0 aliphatic carbocycles. The van der Waals surface area contributed by atoms with Crippen molar-refractivity contribution in [3.63, 3.8) is 0 Å². The Morgan fingerprint density at radius 1 is 1.67 bits per heavy atom. The molecule has 0 aromatic rings. The van der Waals surface area contributed by atoms with E-state index in [0.717, 1.165) is 11.8 Å². The monoisotopic (exact) mass is 198 g/mol. The smallest absolute Gasteiger partial charge is 0.387 e. The summed E-state index contributed by atoms with van der Waals surface area (Å²) >= 11 is 0.787. The molecule has 0 saturated heterocycles. The number of ketones is 1. The number of carbonyl (C=O) groups is 1. The second-order valence-electron chi connectivity index (χ2n) is 2.15. The number of nitrogens with two attached hydrogens (primary N) is 1. The molecule has 0 radical (unpaired) electrons. The highest BCUT2D eigenvalue weighted by Gasteiger charge is 2.44. The first kappa shape index (κ1) is 9.37. The summed E-state index contributed by atoms with van der Waals surface area (Å²) in [6, 6.07) is 0. The number of amidine groups is 1. The molecule has 0 amide bonds. The van der Waals surface area contributed by atoms with E-state index in [1.54, 1.807) is 0 Å². The van der Waals surface area contributed by atoms with Crippen molar-refractivity contribution in [2.75, 3.05) is 5.75 Å². The molecule has 12 heavy (non-hydrogen) atoms. The molecular formula is C5H5F3N2OS. The fourth-order valence-electron chi connectivity index (χ4n) is 0.664. The number of aliphatic imine (C=N–C) groups is 1. The van der Waals surface area contributed by atoms with E-state index in [2.05, 4.69) is 4.99 Å². The molecule has 0 spiro atoms. The topological polar surface area (TPSA) is 55.4 Å². The van der Waals surface area contributed by atoms with Crippen LogP contribution in [0.2, 0.25) is 0 Å². The number of thioether (sulfide) groups is 1. The van der Waals surface area contributed by atoms with Crippen LogP contribution in [0.3, 0.4) is 0 Å². The quantitative estimate of drug-likeness (QED) is 0.669. The van der Waals surface area contributed by atoms with E-state index >= 15 is 0 Å². The average Bonchev–Trinajstić information content (AvgIpc) is 2.32. The molecule has 1 aliphatic rings. The second kappa shape index (κ2) is 2.96. The Hall–Kier alpha value is -0.720. The van der Waals surface area contributed by atoms with E-state index in [4.69, 9.17) is 5.73 Å². The van der Waals surface area contributed by atoms with Crippen LogP contribution in [0, 0.1) is 0 Å². The Morgan fingerprint density at radius 3 is 2.58 bits per heavy atom. The van der Waals surface area contributed by atoms with Crippen molar-refractivity contribution in [1.29, 1.82) is 0 Å². The van der Waals surface area contributed by atoms with Gasteiger partial charge in [0.2, 0.25) is 0 Å². The van der Waals surface area contributed by atoms with Gasteiger partial charge in [0, 0.05) is 0 Å². The number of carbonyl (C=O) groups excluding carboxylic acids is 1. The lowest BCUT2D eigenvalue weighted by molar-refractivity contribution is -0.170. The van der Waals surface area contributed by atoms with Gasteiger partial charge in [-0.1, -0.05) is 0 Å². The van der Waals surface area contributed by atoms with Gasteiger partial charge in [0.1, 0.15) is 5.84 Å². The van der Waals surface area contributed by atoms with E-state index in [1.165, 1.54) is 0 Å². The Morgan fingerprint density at radius 2 is 2.25 bits per heavy atom. The number of rotatable bonds is 1. The van der Waals surface area contributed by atoms with Gasteiger partial charge in [-0.05, 0) is 0 Å². The molecular weight excluding hydrogens is 193 g/mol. The summed E-state index contributed by atoms with van der Waals surface area (Å²) in [6.07, 6.45) is -4.81. The lowest BCUT2D eigenvalue weighted by Crippen LogP contribution is -2.30. The van der Waals surface area contributed by atoms with Crippen LogP contribution >= 0.6 is 11.8 Å². The number of hydrogen-bond acceptors (Lipinski definition) is 4. The van der Waals surface area contributed by atoms with Gasteiger partial charge in [-0.25, -0.2) is 4.99 Å². The summed E-state index contributed by atoms with van der Waals surface area (Å²) in [6.45, 7) is 0. The van der Waals surface area contributed by atoms with Gasteiger partial charge in [0.05, 0.1) is 5.75 Å². The number of nitrogens with zero attached hydrogens (tertiary/aromatic N) is 1. The van der Waals surface area contributed by atoms with Gasteiger partial charge in [-0.2, -0.15) is 13.2 Å². The number of Topliss-reactive ketones (excluding diaryl/α,β-unsaturated/α-hetero) is 1. The minimum atomic E-state index is -4.81. The molecule has 68 valence electrons. The molecule has 1 aliphatic heterocycles.